The Hall–Kier alpha value is -2.33. The van der Waals surface area contributed by atoms with Crippen molar-refractivity contribution < 1.29 is 0 Å². The smallest absolute Gasteiger partial charge is 0.0536 e. The first-order valence-electron chi connectivity index (χ1n) is 13.0. The van der Waals surface area contributed by atoms with Crippen molar-refractivity contribution in [3.05, 3.63) is 87.8 Å². The Morgan fingerprint density at radius 3 is 2.37 bits per heavy atom. The number of hydrogen-bond donors (Lipinski definition) is 0. The van der Waals surface area contributed by atoms with Crippen molar-refractivity contribution in [2.24, 2.45) is 0 Å². The molecule has 0 spiro atoms. The molecule has 1 aliphatic rings. The van der Waals surface area contributed by atoms with Crippen LogP contribution in [0.5, 0.6) is 0 Å². The van der Waals surface area contributed by atoms with Gasteiger partial charge in [-0.1, -0.05) is 67.9 Å². The van der Waals surface area contributed by atoms with E-state index in [1.54, 1.807) is 5.57 Å². The van der Waals surface area contributed by atoms with Crippen LogP contribution in [0, 0.1) is 0 Å². The fraction of sp³-hybridized carbons (Fsp3) is 0.355. The summed E-state index contributed by atoms with van der Waals surface area (Å²) in [5.41, 5.74) is 4.43. The maximum Gasteiger partial charge on any atom is 0.0536 e. The third-order valence-electron chi connectivity index (χ3n) is 7.13. The lowest BCUT2D eigenvalue weighted by Crippen LogP contribution is -2.26. The minimum Gasteiger partial charge on any atom is -0.366 e. The van der Waals surface area contributed by atoms with Gasteiger partial charge in [0, 0.05) is 28.2 Å². The molecule has 3 aromatic carbocycles. The van der Waals surface area contributed by atoms with Gasteiger partial charge in [0.1, 0.15) is 0 Å². The molecule has 182 valence electrons. The SMILES string of the molecule is CCN(CC)CCCCN(Cc1ccc2ccccc2c1)C(=C1CC1)c1cc2c(Cl)cccc2s1. The van der Waals surface area contributed by atoms with E-state index >= 15 is 0 Å². The Balaban J connectivity index is 1.44. The van der Waals surface area contributed by atoms with Crippen molar-refractivity contribution >= 4 is 49.5 Å². The molecule has 4 heteroatoms. The van der Waals surface area contributed by atoms with Crippen LogP contribution in [-0.4, -0.2) is 36.0 Å². The molecule has 0 N–H and O–H groups in total. The van der Waals surface area contributed by atoms with E-state index in [2.05, 4.69) is 84.3 Å². The molecule has 0 atom stereocenters. The van der Waals surface area contributed by atoms with Gasteiger partial charge in [-0.05, 0) is 91.5 Å². The van der Waals surface area contributed by atoms with Gasteiger partial charge in [-0.25, -0.2) is 0 Å². The first kappa shape index (κ1) is 24.4. The van der Waals surface area contributed by atoms with Crippen LogP contribution in [0.3, 0.4) is 0 Å². The van der Waals surface area contributed by atoms with Crippen LogP contribution >= 0.6 is 22.9 Å². The Morgan fingerprint density at radius 1 is 0.857 bits per heavy atom. The van der Waals surface area contributed by atoms with Crippen LogP contribution in [0.2, 0.25) is 5.02 Å². The molecule has 0 saturated heterocycles. The van der Waals surface area contributed by atoms with Crippen LogP contribution in [-0.2, 0) is 6.54 Å². The maximum absolute atomic E-state index is 6.57. The van der Waals surface area contributed by atoms with Crippen molar-refractivity contribution in [3.8, 4) is 0 Å². The number of allylic oxidation sites excluding steroid dienone is 1. The predicted molar refractivity (Wildman–Crippen MR) is 154 cm³/mol. The molecule has 1 aliphatic carbocycles. The second-order valence-corrected chi connectivity index (χ2v) is 11.0. The van der Waals surface area contributed by atoms with Gasteiger partial charge in [-0.3, -0.25) is 0 Å². The second kappa shape index (κ2) is 11.2. The second-order valence-electron chi connectivity index (χ2n) is 9.55. The summed E-state index contributed by atoms with van der Waals surface area (Å²) in [6.07, 6.45) is 4.86. The average Bonchev–Trinajstić information content (AvgIpc) is 3.61. The fourth-order valence-electron chi connectivity index (χ4n) is 5.00. The molecule has 35 heavy (non-hydrogen) atoms. The molecule has 2 nitrogen and oxygen atoms in total. The zero-order valence-electron chi connectivity index (χ0n) is 20.9. The van der Waals surface area contributed by atoms with Crippen LogP contribution in [0.1, 0.15) is 50.0 Å². The number of rotatable bonds is 11. The van der Waals surface area contributed by atoms with E-state index in [4.69, 9.17) is 11.6 Å². The summed E-state index contributed by atoms with van der Waals surface area (Å²) in [7, 11) is 0. The van der Waals surface area contributed by atoms with E-state index < -0.39 is 0 Å². The van der Waals surface area contributed by atoms with Crippen LogP contribution in [0.25, 0.3) is 26.6 Å². The third kappa shape index (κ3) is 5.74. The van der Waals surface area contributed by atoms with Gasteiger partial charge >= 0.3 is 0 Å². The lowest BCUT2D eigenvalue weighted by atomic mass is 10.1. The highest BCUT2D eigenvalue weighted by molar-refractivity contribution is 7.20. The molecule has 1 heterocycles. The Labute approximate surface area is 218 Å². The predicted octanol–water partition coefficient (Wildman–Crippen LogP) is 8.84. The topological polar surface area (TPSA) is 6.48 Å². The Morgan fingerprint density at radius 2 is 1.63 bits per heavy atom. The zero-order valence-corrected chi connectivity index (χ0v) is 22.5. The van der Waals surface area contributed by atoms with Crippen LogP contribution in [0.15, 0.2) is 72.3 Å². The van der Waals surface area contributed by atoms with Gasteiger partial charge in [0.25, 0.3) is 0 Å². The number of unbranched alkanes of at least 4 members (excludes halogenated alkanes) is 1. The first-order valence-corrected chi connectivity index (χ1v) is 14.2. The summed E-state index contributed by atoms with van der Waals surface area (Å²) in [6.45, 7) is 9.99. The molecule has 0 aliphatic heterocycles. The monoisotopic (exact) mass is 502 g/mol. The van der Waals surface area contributed by atoms with Crippen molar-refractivity contribution in [2.45, 2.75) is 46.1 Å². The zero-order chi connectivity index (χ0) is 24.2. The van der Waals surface area contributed by atoms with E-state index in [-0.39, 0.29) is 0 Å². The summed E-state index contributed by atoms with van der Waals surface area (Å²) in [6, 6.07) is 24.2. The van der Waals surface area contributed by atoms with E-state index in [0.717, 1.165) is 31.2 Å². The molecule has 1 saturated carbocycles. The number of nitrogens with zero attached hydrogens (tertiary/aromatic N) is 2. The molecule has 0 amide bonds. The standard InChI is InChI=1S/C31H35ClN2S/c1-3-33(4-2)18-7-8-19-34(22-23-14-15-24-10-5-6-11-26(24)20-23)31(25-16-17-25)30-21-27-28(32)12-9-13-29(27)35-30/h5-6,9-15,20-21H,3-4,7-8,16-19,22H2,1-2H3. The molecular weight excluding hydrogens is 468 g/mol. The van der Waals surface area contributed by atoms with E-state index in [0.29, 0.717) is 0 Å². The summed E-state index contributed by atoms with van der Waals surface area (Å²) in [5.74, 6) is 0. The minimum atomic E-state index is 0.852. The van der Waals surface area contributed by atoms with Crippen molar-refractivity contribution in [1.82, 2.24) is 9.80 Å². The largest absolute Gasteiger partial charge is 0.366 e. The quantitative estimate of drug-likeness (QED) is 0.189. The normalized spacial score (nSPS) is 13.2. The lowest BCUT2D eigenvalue weighted by molar-refractivity contribution is 0.286. The first-order chi connectivity index (χ1) is 17.2. The average molecular weight is 503 g/mol. The number of fused-ring (bicyclic) bond motifs is 2. The maximum atomic E-state index is 6.57. The van der Waals surface area contributed by atoms with Crippen LogP contribution in [0.4, 0.5) is 0 Å². The third-order valence-corrected chi connectivity index (χ3v) is 8.56. The number of benzene rings is 3. The Kier molecular flexibility index (Phi) is 7.77. The molecule has 0 radical (unpaired) electrons. The molecular formula is C31H35ClN2S. The van der Waals surface area contributed by atoms with Gasteiger partial charge in [-0.2, -0.15) is 0 Å². The Bertz CT molecular complexity index is 1330. The molecule has 5 rings (SSSR count). The van der Waals surface area contributed by atoms with Crippen molar-refractivity contribution in [3.63, 3.8) is 0 Å². The van der Waals surface area contributed by atoms with E-state index in [9.17, 15) is 0 Å². The fourth-order valence-corrected chi connectivity index (χ4v) is 6.49. The number of hydrogen-bond acceptors (Lipinski definition) is 3. The van der Waals surface area contributed by atoms with Gasteiger partial charge < -0.3 is 9.80 Å². The highest BCUT2D eigenvalue weighted by atomic mass is 35.5. The van der Waals surface area contributed by atoms with Gasteiger partial charge in [0.15, 0.2) is 0 Å². The summed E-state index contributed by atoms with van der Waals surface area (Å²) < 4.78 is 1.28. The van der Waals surface area contributed by atoms with Gasteiger partial charge in [0.2, 0.25) is 0 Å². The van der Waals surface area contributed by atoms with E-state index in [1.807, 2.05) is 17.4 Å². The minimum absolute atomic E-state index is 0.852. The number of halogens is 1. The van der Waals surface area contributed by atoms with Gasteiger partial charge in [-0.15, -0.1) is 11.3 Å². The molecule has 1 fully saturated rings. The molecule has 4 aromatic rings. The van der Waals surface area contributed by atoms with Crippen molar-refractivity contribution in [1.29, 1.82) is 0 Å². The van der Waals surface area contributed by atoms with Crippen molar-refractivity contribution in [2.75, 3.05) is 26.2 Å². The summed E-state index contributed by atoms with van der Waals surface area (Å²) in [4.78, 5) is 6.56. The molecule has 0 bridgehead atoms. The van der Waals surface area contributed by atoms with Crippen LogP contribution < -0.4 is 0 Å². The lowest BCUT2D eigenvalue weighted by Gasteiger charge is -2.28. The molecule has 1 aromatic heterocycles. The highest BCUT2D eigenvalue weighted by Gasteiger charge is 2.25. The molecule has 0 unspecified atom stereocenters. The highest BCUT2D eigenvalue weighted by Crippen LogP contribution is 2.43. The number of thiophene rings is 1. The van der Waals surface area contributed by atoms with E-state index in [1.165, 1.54) is 69.2 Å². The van der Waals surface area contributed by atoms with Gasteiger partial charge in [0.05, 0.1) is 10.6 Å². The summed E-state index contributed by atoms with van der Waals surface area (Å²) >= 11 is 8.46. The summed E-state index contributed by atoms with van der Waals surface area (Å²) in [5, 5.41) is 4.66.